The summed E-state index contributed by atoms with van der Waals surface area (Å²) in [7, 11) is 0. The lowest BCUT2D eigenvalue weighted by Gasteiger charge is -2.08. The molecule has 0 spiro atoms. The van der Waals surface area contributed by atoms with Crippen molar-refractivity contribution >= 4 is 18.0 Å². The molecule has 0 aliphatic rings. The van der Waals surface area contributed by atoms with Crippen LogP contribution < -0.4 is 0 Å². The average Bonchev–Trinajstić information content (AvgIpc) is 2.04. The molecule has 1 atom stereocenters. The van der Waals surface area contributed by atoms with Crippen molar-refractivity contribution in [1.82, 2.24) is 0 Å². The topological polar surface area (TPSA) is 26.3 Å². The summed E-state index contributed by atoms with van der Waals surface area (Å²) in [6, 6.07) is 0. The quantitative estimate of drug-likeness (QED) is 0.351. The Labute approximate surface area is 85.6 Å². The van der Waals surface area contributed by atoms with Crippen LogP contribution in [0.3, 0.4) is 0 Å². The normalized spacial score (nSPS) is 15.2. The molecule has 4 heteroatoms. The second-order valence-corrected chi connectivity index (χ2v) is 6.30. The van der Waals surface area contributed by atoms with E-state index >= 15 is 0 Å². The predicted molar refractivity (Wildman–Crippen MR) is 58.6 cm³/mol. The zero-order valence-corrected chi connectivity index (χ0v) is 9.82. The van der Waals surface area contributed by atoms with Gasteiger partial charge in [-0.2, -0.15) is 0 Å². The minimum atomic E-state index is -2.79. The van der Waals surface area contributed by atoms with Gasteiger partial charge in [-0.25, -0.2) is 0 Å². The largest absolute Gasteiger partial charge is 0.318 e. The van der Waals surface area contributed by atoms with Gasteiger partial charge in [0.2, 0.25) is 0 Å². The lowest BCUT2D eigenvalue weighted by molar-refractivity contribution is 0.344. The van der Waals surface area contributed by atoms with Gasteiger partial charge < -0.3 is 4.52 Å². The molecule has 0 saturated heterocycles. The van der Waals surface area contributed by atoms with Gasteiger partial charge in [0, 0.05) is 6.16 Å². The summed E-state index contributed by atoms with van der Waals surface area (Å²) in [6.45, 7) is 3.06. The Balaban J connectivity index is 3.40. The summed E-state index contributed by atoms with van der Waals surface area (Å²) in [5, 5.41) is 0. The maximum absolute atomic E-state index is 11.4. The highest BCUT2D eigenvalue weighted by molar-refractivity contribution is 7.85. The molecule has 0 rings (SSSR count). The van der Waals surface area contributed by atoms with Gasteiger partial charge in [0.1, 0.15) is 0 Å². The van der Waals surface area contributed by atoms with Crippen LogP contribution in [0.1, 0.15) is 32.6 Å². The average molecular weight is 225 g/mol. The van der Waals surface area contributed by atoms with Crippen LogP contribution in [-0.4, -0.2) is 12.8 Å². The maximum atomic E-state index is 11.4. The first-order chi connectivity index (χ1) is 6.12. The first kappa shape index (κ1) is 13.2. The van der Waals surface area contributed by atoms with Crippen molar-refractivity contribution in [2.75, 3.05) is 12.8 Å². The van der Waals surface area contributed by atoms with E-state index in [1.807, 2.05) is 6.08 Å². The molecule has 2 nitrogen and oxygen atoms in total. The summed E-state index contributed by atoms with van der Waals surface area (Å²) < 4.78 is 16.3. The zero-order chi connectivity index (χ0) is 10.2. The van der Waals surface area contributed by atoms with Crippen molar-refractivity contribution in [2.45, 2.75) is 32.6 Å². The molecular formula is C9H18ClO2P. The van der Waals surface area contributed by atoms with E-state index in [0.29, 0.717) is 12.8 Å². The Bertz CT molecular complexity index is 182. The van der Waals surface area contributed by atoms with Gasteiger partial charge in [-0.15, -0.1) is 6.58 Å². The van der Waals surface area contributed by atoms with Gasteiger partial charge in [-0.3, -0.25) is 4.57 Å². The molecule has 0 aliphatic heterocycles. The third-order valence-electron chi connectivity index (χ3n) is 1.66. The monoisotopic (exact) mass is 224 g/mol. The fraction of sp³-hybridized carbons (Fsp3) is 0.778. The highest BCUT2D eigenvalue weighted by Gasteiger charge is 2.16. The molecule has 78 valence electrons. The Morgan fingerprint density at radius 2 is 2.15 bits per heavy atom. The molecule has 0 aromatic rings. The van der Waals surface area contributed by atoms with Gasteiger partial charge in [0.05, 0.1) is 6.61 Å². The predicted octanol–water partition coefficient (Wildman–Crippen LogP) is 4.20. The lowest BCUT2D eigenvalue weighted by atomic mass is 10.2. The number of rotatable bonds is 8. The second-order valence-electron chi connectivity index (χ2n) is 2.87. The summed E-state index contributed by atoms with van der Waals surface area (Å²) in [5.41, 5.74) is 0. The standard InChI is InChI=1S/C9H18ClO2P/c1-3-5-6-7-8-9-13(10,11)12-4-2/h3H,1,4-9H2,2H3. The minimum absolute atomic E-state index is 0.424. The van der Waals surface area contributed by atoms with Crippen molar-refractivity contribution in [3.8, 4) is 0 Å². The van der Waals surface area contributed by atoms with E-state index in [0.717, 1.165) is 25.7 Å². The van der Waals surface area contributed by atoms with Crippen molar-refractivity contribution in [1.29, 1.82) is 0 Å². The van der Waals surface area contributed by atoms with E-state index in [1.165, 1.54) is 0 Å². The molecule has 0 aromatic carbocycles. The molecule has 0 aliphatic carbocycles. The van der Waals surface area contributed by atoms with Crippen LogP contribution >= 0.6 is 18.0 Å². The number of hydrogen-bond acceptors (Lipinski definition) is 2. The first-order valence-corrected chi connectivity index (χ1v) is 7.38. The second kappa shape index (κ2) is 7.61. The highest BCUT2D eigenvalue weighted by atomic mass is 35.7. The third kappa shape index (κ3) is 8.55. The van der Waals surface area contributed by atoms with E-state index in [4.69, 9.17) is 15.8 Å². The fourth-order valence-electron chi connectivity index (χ4n) is 1.02. The van der Waals surface area contributed by atoms with Crippen LogP contribution in [0.4, 0.5) is 0 Å². The maximum Gasteiger partial charge on any atom is 0.290 e. The summed E-state index contributed by atoms with van der Waals surface area (Å²) in [4.78, 5) is 0. The number of hydrogen-bond donors (Lipinski definition) is 0. The Kier molecular flexibility index (Phi) is 7.74. The van der Waals surface area contributed by atoms with Crippen LogP contribution in [0, 0.1) is 0 Å². The Morgan fingerprint density at radius 3 is 2.69 bits per heavy atom. The molecule has 13 heavy (non-hydrogen) atoms. The van der Waals surface area contributed by atoms with Gasteiger partial charge in [-0.05, 0) is 37.4 Å². The van der Waals surface area contributed by atoms with Crippen LogP contribution in [0.5, 0.6) is 0 Å². The van der Waals surface area contributed by atoms with E-state index in [9.17, 15) is 4.57 Å². The van der Waals surface area contributed by atoms with Crippen molar-refractivity contribution < 1.29 is 9.09 Å². The van der Waals surface area contributed by atoms with Gasteiger partial charge >= 0.3 is 0 Å². The zero-order valence-electron chi connectivity index (χ0n) is 8.17. The van der Waals surface area contributed by atoms with Crippen molar-refractivity contribution in [2.24, 2.45) is 0 Å². The van der Waals surface area contributed by atoms with Crippen LogP contribution in [-0.2, 0) is 9.09 Å². The molecule has 0 amide bonds. The van der Waals surface area contributed by atoms with Crippen molar-refractivity contribution in [3.05, 3.63) is 12.7 Å². The number of unbranched alkanes of at least 4 members (excludes halogenated alkanes) is 3. The fourth-order valence-corrected chi connectivity index (χ4v) is 2.79. The first-order valence-electron chi connectivity index (χ1n) is 4.66. The summed E-state index contributed by atoms with van der Waals surface area (Å²) >= 11 is 5.66. The molecule has 0 saturated carbocycles. The molecule has 0 aromatic heterocycles. The van der Waals surface area contributed by atoms with Crippen LogP contribution in [0.2, 0.25) is 0 Å². The summed E-state index contributed by atoms with van der Waals surface area (Å²) in [5.74, 6) is 0. The van der Waals surface area contributed by atoms with E-state index in [1.54, 1.807) is 6.92 Å². The van der Waals surface area contributed by atoms with E-state index in [-0.39, 0.29) is 0 Å². The smallest absolute Gasteiger partial charge is 0.290 e. The van der Waals surface area contributed by atoms with Crippen molar-refractivity contribution in [3.63, 3.8) is 0 Å². The summed E-state index contributed by atoms with van der Waals surface area (Å²) in [6.07, 6.45) is 6.39. The van der Waals surface area contributed by atoms with Crippen LogP contribution in [0.25, 0.3) is 0 Å². The Hall–Kier alpha value is 0.220. The third-order valence-corrected chi connectivity index (χ3v) is 3.95. The molecule has 0 bridgehead atoms. The Morgan fingerprint density at radius 1 is 1.46 bits per heavy atom. The number of halogens is 1. The SMILES string of the molecule is C=CCCCCCP(=O)(Cl)OCC. The molecule has 0 fully saturated rings. The van der Waals surface area contributed by atoms with Gasteiger partial charge in [0.15, 0.2) is 0 Å². The highest BCUT2D eigenvalue weighted by Crippen LogP contribution is 2.52. The van der Waals surface area contributed by atoms with E-state index < -0.39 is 6.72 Å². The van der Waals surface area contributed by atoms with E-state index in [2.05, 4.69) is 6.58 Å². The molecule has 0 radical (unpaired) electrons. The molecule has 0 heterocycles. The minimum Gasteiger partial charge on any atom is -0.318 e. The molecule has 1 unspecified atom stereocenters. The van der Waals surface area contributed by atoms with Gasteiger partial charge in [0.25, 0.3) is 6.72 Å². The van der Waals surface area contributed by atoms with Crippen LogP contribution in [0.15, 0.2) is 12.7 Å². The molecule has 0 N–H and O–H groups in total. The van der Waals surface area contributed by atoms with Gasteiger partial charge in [-0.1, -0.05) is 12.5 Å². The molecular weight excluding hydrogens is 207 g/mol. The lowest BCUT2D eigenvalue weighted by Crippen LogP contribution is -1.90. The number of allylic oxidation sites excluding steroid dienone is 1.